The average Bonchev–Trinajstić information content (AvgIpc) is 3.18. The molecule has 1 aliphatic carbocycles. The highest BCUT2D eigenvalue weighted by Crippen LogP contribution is 2.40. The molecule has 31 heavy (non-hydrogen) atoms. The van der Waals surface area contributed by atoms with Crippen molar-refractivity contribution < 1.29 is 24.3 Å². The molecule has 0 bridgehead atoms. The van der Waals surface area contributed by atoms with Gasteiger partial charge < -0.3 is 21.0 Å². The van der Waals surface area contributed by atoms with E-state index >= 15 is 0 Å². The van der Waals surface area contributed by atoms with E-state index in [1.807, 2.05) is 19.1 Å². The van der Waals surface area contributed by atoms with Crippen LogP contribution in [0.15, 0.2) is 34.5 Å². The number of thiazole rings is 1. The lowest BCUT2D eigenvalue weighted by Gasteiger charge is -2.49. The molecule has 12 heteroatoms. The highest BCUT2D eigenvalue weighted by Gasteiger charge is 2.54. The number of nitrogens with two attached hydrogens (primary N) is 1. The topological polar surface area (TPSA) is 147 Å². The van der Waals surface area contributed by atoms with E-state index in [4.69, 9.17) is 10.6 Å². The van der Waals surface area contributed by atoms with Gasteiger partial charge in [-0.15, -0.1) is 23.1 Å². The molecular weight excluding hydrogens is 442 g/mol. The van der Waals surface area contributed by atoms with Gasteiger partial charge in [0.05, 0.1) is 0 Å². The summed E-state index contributed by atoms with van der Waals surface area (Å²) in [4.78, 5) is 47.9. The van der Waals surface area contributed by atoms with Crippen molar-refractivity contribution in [2.45, 2.75) is 49.0 Å². The minimum atomic E-state index is -1.18. The third-order valence-corrected chi connectivity index (χ3v) is 7.03. The number of carboxylic acid groups (broad SMARTS) is 1. The molecule has 3 unspecified atom stereocenters. The molecular formula is C19H21N5O5S2. The number of hydrogen-bond acceptors (Lipinski definition) is 9. The minimum absolute atomic E-state index is 0.0691. The predicted molar refractivity (Wildman–Crippen MR) is 116 cm³/mol. The summed E-state index contributed by atoms with van der Waals surface area (Å²) in [6.07, 6.45) is 7.90. The Labute approximate surface area is 186 Å². The number of rotatable bonds is 6. The Morgan fingerprint density at radius 3 is 2.90 bits per heavy atom. The van der Waals surface area contributed by atoms with E-state index < -0.39 is 29.2 Å². The van der Waals surface area contributed by atoms with Gasteiger partial charge in [-0.3, -0.25) is 14.5 Å². The van der Waals surface area contributed by atoms with Gasteiger partial charge in [0.25, 0.3) is 11.8 Å². The highest BCUT2D eigenvalue weighted by molar-refractivity contribution is 8.00. The maximum Gasteiger partial charge on any atom is 0.352 e. The lowest BCUT2D eigenvalue weighted by Crippen LogP contribution is -2.71. The standard InChI is InChI=1S/C19H21N5O5S2/c1-9-7-12(18(27)28)24-16(26)14(17(24)31-9)22-15(25)13(11-8-30-19(20)21-11)23-29-10-5-3-2-4-6-10/h3,5,7-10,14,17H,2,4,6H2,1H3,(H2,20,21)(H,22,25)(H,27,28)/t9?,10?,14?,17-/m0/s1. The number of oxime groups is 1. The third-order valence-electron chi connectivity index (χ3n) is 5.02. The van der Waals surface area contributed by atoms with Crippen molar-refractivity contribution in [1.82, 2.24) is 15.2 Å². The first-order chi connectivity index (χ1) is 14.8. The predicted octanol–water partition coefficient (Wildman–Crippen LogP) is 1.31. The molecule has 2 aliphatic heterocycles. The number of hydrogen-bond donors (Lipinski definition) is 3. The maximum atomic E-state index is 13.0. The number of β-lactam (4-membered cyclic amide) rings is 1. The first-order valence-electron chi connectivity index (χ1n) is 9.71. The third kappa shape index (κ3) is 4.30. The van der Waals surface area contributed by atoms with Crippen LogP contribution < -0.4 is 11.1 Å². The highest BCUT2D eigenvalue weighted by atomic mass is 32.2. The molecule has 1 aromatic heterocycles. The molecule has 0 radical (unpaired) electrons. The van der Waals surface area contributed by atoms with Crippen molar-refractivity contribution in [3.63, 3.8) is 0 Å². The Morgan fingerprint density at radius 2 is 2.26 bits per heavy atom. The zero-order chi connectivity index (χ0) is 22.1. The van der Waals surface area contributed by atoms with E-state index in [1.54, 1.807) is 5.38 Å². The Morgan fingerprint density at radius 1 is 1.45 bits per heavy atom. The smallest absolute Gasteiger partial charge is 0.352 e. The molecule has 10 nitrogen and oxygen atoms in total. The van der Waals surface area contributed by atoms with Crippen LogP contribution in [0.5, 0.6) is 0 Å². The van der Waals surface area contributed by atoms with Gasteiger partial charge in [-0.2, -0.15) is 0 Å². The summed E-state index contributed by atoms with van der Waals surface area (Å²) in [5, 5.41) is 17.3. The number of fused-ring (bicyclic) bond motifs is 1. The summed E-state index contributed by atoms with van der Waals surface area (Å²) >= 11 is 2.55. The molecule has 1 aromatic rings. The number of thioether (sulfide) groups is 1. The number of aliphatic carboxylic acids is 1. The van der Waals surface area contributed by atoms with Crippen molar-refractivity contribution in [2.24, 2.45) is 5.16 Å². The molecule has 0 aromatic carbocycles. The summed E-state index contributed by atoms with van der Waals surface area (Å²) in [5.74, 6) is -2.30. The molecule has 4 N–H and O–H groups in total. The molecule has 0 saturated carbocycles. The molecule has 1 saturated heterocycles. The summed E-state index contributed by atoms with van der Waals surface area (Å²) in [6, 6.07) is -0.876. The van der Waals surface area contributed by atoms with Crippen LogP contribution in [-0.2, 0) is 19.2 Å². The fourth-order valence-corrected chi connectivity index (χ4v) is 5.40. The van der Waals surface area contributed by atoms with Gasteiger partial charge in [-0.1, -0.05) is 11.2 Å². The number of carbonyl (C=O) groups is 3. The molecule has 164 valence electrons. The number of aromatic nitrogens is 1. The number of amides is 2. The van der Waals surface area contributed by atoms with E-state index in [1.165, 1.54) is 22.7 Å². The van der Waals surface area contributed by atoms with Crippen molar-refractivity contribution in [3.05, 3.63) is 35.0 Å². The van der Waals surface area contributed by atoms with Crippen LogP contribution in [-0.4, -0.2) is 61.3 Å². The zero-order valence-electron chi connectivity index (χ0n) is 16.6. The maximum absolute atomic E-state index is 13.0. The van der Waals surface area contributed by atoms with Gasteiger partial charge in [0, 0.05) is 10.6 Å². The lowest BCUT2D eigenvalue weighted by atomic mass is 10.0. The van der Waals surface area contributed by atoms with Gasteiger partial charge in [0.2, 0.25) is 0 Å². The second kappa shape index (κ2) is 8.71. The number of anilines is 1. The molecule has 0 spiro atoms. The fourth-order valence-electron chi connectivity index (χ4n) is 3.53. The van der Waals surface area contributed by atoms with Crippen molar-refractivity contribution in [2.75, 3.05) is 5.73 Å². The molecule has 4 atom stereocenters. The van der Waals surface area contributed by atoms with E-state index in [-0.39, 0.29) is 33.6 Å². The van der Waals surface area contributed by atoms with Gasteiger partial charge in [-0.05, 0) is 38.3 Å². The molecule has 4 rings (SSSR count). The van der Waals surface area contributed by atoms with E-state index in [9.17, 15) is 19.5 Å². The van der Waals surface area contributed by atoms with Crippen molar-refractivity contribution in [3.8, 4) is 0 Å². The van der Waals surface area contributed by atoms with Crippen LogP contribution in [0.2, 0.25) is 0 Å². The summed E-state index contributed by atoms with van der Waals surface area (Å²) in [5.41, 5.74) is 5.80. The van der Waals surface area contributed by atoms with Gasteiger partial charge in [0.15, 0.2) is 10.8 Å². The normalized spacial score (nSPS) is 27.8. The number of carbonyl (C=O) groups excluding carboxylic acids is 2. The molecule has 3 heterocycles. The van der Waals surface area contributed by atoms with E-state index in [0.29, 0.717) is 0 Å². The van der Waals surface area contributed by atoms with Crippen LogP contribution >= 0.6 is 23.1 Å². The molecule has 2 amide bonds. The Bertz CT molecular complexity index is 1000. The van der Waals surface area contributed by atoms with Crippen LogP contribution in [0, 0.1) is 0 Å². The second-order valence-electron chi connectivity index (χ2n) is 7.26. The first kappa shape index (κ1) is 21.4. The average molecular weight is 464 g/mol. The first-order valence-corrected chi connectivity index (χ1v) is 11.5. The summed E-state index contributed by atoms with van der Waals surface area (Å²) in [7, 11) is 0. The SMILES string of the molecule is CC1C=C(C(=O)O)N2C(=O)C(NC(=O)C(=NOC3C=CCCC3)c3csc(N)n3)[C@@H]2S1. The Balaban J connectivity index is 1.52. The van der Waals surface area contributed by atoms with Crippen molar-refractivity contribution >= 4 is 51.7 Å². The summed E-state index contributed by atoms with van der Waals surface area (Å²) < 4.78 is 0. The Hall–Kier alpha value is -2.86. The number of nitrogens with one attached hydrogen (secondary N) is 1. The number of carboxylic acids is 1. The molecule has 3 aliphatic rings. The van der Waals surface area contributed by atoms with Crippen LogP contribution in [0.3, 0.4) is 0 Å². The lowest BCUT2D eigenvalue weighted by molar-refractivity contribution is -0.150. The van der Waals surface area contributed by atoms with Gasteiger partial charge >= 0.3 is 5.97 Å². The van der Waals surface area contributed by atoms with Gasteiger partial charge in [0.1, 0.15) is 28.9 Å². The number of nitrogens with zero attached hydrogens (tertiary/aromatic N) is 3. The van der Waals surface area contributed by atoms with E-state index in [2.05, 4.69) is 15.5 Å². The second-order valence-corrected chi connectivity index (χ2v) is 9.65. The summed E-state index contributed by atoms with van der Waals surface area (Å²) in [6.45, 7) is 1.84. The van der Waals surface area contributed by atoms with E-state index in [0.717, 1.165) is 30.6 Å². The molecule has 1 fully saturated rings. The zero-order valence-corrected chi connectivity index (χ0v) is 18.2. The van der Waals surface area contributed by atoms with Crippen LogP contribution in [0.4, 0.5) is 5.13 Å². The van der Waals surface area contributed by atoms with Gasteiger partial charge in [-0.25, -0.2) is 9.78 Å². The number of allylic oxidation sites excluding steroid dienone is 1. The Kier molecular flexibility index (Phi) is 6.01. The largest absolute Gasteiger partial charge is 0.477 e. The van der Waals surface area contributed by atoms with Crippen molar-refractivity contribution in [1.29, 1.82) is 0 Å². The quantitative estimate of drug-likeness (QED) is 0.248. The fraction of sp³-hybridized carbons (Fsp3) is 0.421. The van der Waals surface area contributed by atoms with Crippen LogP contribution in [0.25, 0.3) is 0 Å². The minimum Gasteiger partial charge on any atom is -0.477 e. The monoisotopic (exact) mass is 463 g/mol. The number of nitrogen functional groups attached to an aromatic ring is 1. The van der Waals surface area contributed by atoms with Crippen LogP contribution in [0.1, 0.15) is 31.9 Å².